The van der Waals surface area contributed by atoms with Crippen LogP contribution in [0.2, 0.25) is 0 Å². The molecule has 1 heterocycles. The molecule has 0 spiro atoms. The van der Waals surface area contributed by atoms with Crippen LogP contribution >= 0.6 is 15.9 Å². The van der Waals surface area contributed by atoms with Crippen molar-refractivity contribution in [1.29, 1.82) is 0 Å². The van der Waals surface area contributed by atoms with Gasteiger partial charge in [-0.2, -0.15) is 5.11 Å². The molecule has 0 saturated carbocycles. The van der Waals surface area contributed by atoms with Crippen LogP contribution in [-0.4, -0.2) is 5.11 Å². The zero-order valence-corrected chi connectivity index (χ0v) is 12.2. The first-order valence-electron chi connectivity index (χ1n) is 6.06. The van der Waals surface area contributed by atoms with E-state index in [4.69, 9.17) is 4.42 Å². The van der Waals surface area contributed by atoms with Gasteiger partial charge in [-0.15, -0.1) is 5.11 Å². The summed E-state index contributed by atoms with van der Waals surface area (Å²) in [5.41, 5.74) is 0.810. The molecule has 3 aromatic rings. The highest BCUT2D eigenvalue weighted by molar-refractivity contribution is 9.10. The molecule has 1 aromatic heterocycles. The van der Waals surface area contributed by atoms with E-state index in [1.165, 1.54) is 12.1 Å². The molecule has 5 nitrogen and oxygen atoms in total. The summed E-state index contributed by atoms with van der Waals surface area (Å²) >= 11 is 3.34. The standard InChI is InChI=1S/C15H9BrN2O3/c16-10-2-4-11(5-3-10)17-18-12-7-9-1-6-15(20)21-14(9)8-13(12)19/h1-8,19H. The lowest BCUT2D eigenvalue weighted by Gasteiger charge is -2.00. The van der Waals surface area contributed by atoms with Crippen molar-refractivity contribution in [3.8, 4) is 5.75 Å². The maximum atomic E-state index is 11.1. The summed E-state index contributed by atoms with van der Waals surface area (Å²) in [6.45, 7) is 0. The molecule has 1 N–H and O–H groups in total. The number of hydrogen-bond acceptors (Lipinski definition) is 5. The quantitative estimate of drug-likeness (QED) is 0.541. The summed E-state index contributed by atoms with van der Waals surface area (Å²) in [5.74, 6) is -0.0993. The van der Waals surface area contributed by atoms with Gasteiger partial charge in [0.05, 0.1) is 5.69 Å². The van der Waals surface area contributed by atoms with Gasteiger partial charge < -0.3 is 9.52 Å². The molecule has 2 aromatic carbocycles. The molecule has 0 atom stereocenters. The minimum Gasteiger partial charge on any atom is -0.505 e. The monoisotopic (exact) mass is 344 g/mol. The normalized spacial score (nSPS) is 11.3. The number of benzene rings is 2. The first kappa shape index (κ1) is 13.5. The van der Waals surface area contributed by atoms with Gasteiger partial charge in [0.15, 0.2) is 0 Å². The summed E-state index contributed by atoms with van der Waals surface area (Å²) in [6, 6.07) is 13.2. The zero-order chi connectivity index (χ0) is 14.8. The molecule has 0 fully saturated rings. The van der Waals surface area contributed by atoms with Crippen molar-refractivity contribution in [3.63, 3.8) is 0 Å². The van der Waals surface area contributed by atoms with Crippen molar-refractivity contribution in [2.75, 3.05) is 0 Å². The molecule has 0 amide bonds. The molecular formula is C15H9BrN2O3. The van der Waals surface area contributed by atoms with E-state index in [9.17, 15) is 9.90 Å². The van der Waals surface area contributed by atoms with Crippen LogP contribution in [-0.2, 0) is 0 Å². The molecule has 6 heteroatoms. The zero-order valence-electron chi connectivity index (χ0n) is 10.7. The Balaban J connectivity index is 2.00. The van der Waals surface area contributed by atoms with Crippen molar-refractivity contribution in [2.45, 2.75) is 0 Å². The van der Waals surface area contributed by atoms with E-state index < -0.39 is 5.63 Å². The molecule has 3 rings (SSSR count). The van der Waals surface area contributed by atoms with Gasteiger partial charge in [-0.1, -0.05) is 15.9 Å². The van der Waals surface area contributed by atoms with Crippen molar-refractivity contribution in [3.05, 3.63) is 63.4 Å². The molecule has 0 aliphatic heterocycles. The second-order valence-electron chi connectivity index (χ2n) is 4.31. The number of nitrogens with zero attached hydrogens (tertiary/aromatic N) is 2. The number of phenols is 1. The number of azo groups is 1. The fraction of sp³-hybridized carbons (Fsp3) is 0. The van der Waals surface area contributed by atoms with Crippen LogP contribution in [0.5, 0.6) is 5.75 Å². The lowest BCUT2D eigenvalue weighted by Crippen LogP contribution is -1.93. The van der Waals surface area contributed by atoms with Crippen molar-refractivity contribution in [1.82, 2.24) is 0 Å². The molecular weight excluding hydrogens is 336 g/mol. The molecule has 0 unspecified atom stereocenters. The predicted octanol–water partition coefficient (Wildman–Crippen LogP) is 4.68. The second-order valence-corrected chi connectivity index (χ2v) is 5.23. The molecule has 0 aliphatic carbocycles. The van der Waals surface area contributed by atoms with E-state index >= 15 is 0 Å². The van der Waals surface area contributed by atoms with Gasteiger partial charge in [0.1, 0.15) is 17.0 Å². The second kappa shape index (κ2) is 5.49. The molecule has 0 bridgehead atoms. The summed E-state index contributed by atoms with van der Waals surface area (Å²) < 4.78 is 5.93. The third-order valence-corrected chi connectivity index (χ3v) is 3.35. The number of halogens is 1. The first-order chi connectivity index (χ1) is 10.1. The van der Waals surface area contributed by atoms with Crippen LogP contribution in [0.25, 0.3) is 11.0 Å². The van der Waals surface area contributed by atoms with Crippen molar-refractivity contribution < 1.29 is 9.52 Å². The van der Waals surface area contributed by atoms with Gasteiger partial charge in [-0.25, -0.2) is 4.79 Å². The van der Waals surface area contributed by atoms with Crippen LogP contribution in [0.15, 0.2) is 72.4 Å². The number of aromatic hydroxyl groups is 1. The van der Waals surface area contributed by atoms with Gasteiger partial charge in [0.2, 0.25) is 0 Å². The van der Waals surface area contributed by atoms with E-state index in [2.05, 4.69) is 26.2 Å². The van der Waals surface area contributed by atoms with Crippen molar-refractivity contribution >= 4 is 38.3 Å². The average Bonchev–Trinajstić information content (AvgIpc) is 2.47. The SMILES string of the molecule is O=c1ccc2cc(N=Nc3ccc(Br)cc3)c(O)cc2o1. The van der Waals surface area contributed by atoms with Crippen LogP contribution in [0.4, 0.5) is 11.4 Å². The van der Waals surface area contributed by atoms with Gasteiger partial charge >= 0.3 is 5.63 Å². The summed E-state index contributed by atoms with van der Waals surface area (Å²) in [7, 11) is 0. The summed E-state index contributed by atoms with van der Waals surface area (Å²) in [5, 5.41) is 18.6. The highest BCUT2D eigenvalue weighted by atomic mass is 79.9. The Bertz CT molecular complexity index is 886. The molecule has 0 radical (unpaired) electrons. The van der Waals surface area contributed by atoms with Gasteiger partial charge in [0.25, 0.3) is 0 Å². The number of phenolic OH excluding ortho intramolecular Hbond substituents is 1. The lowest BCUT2D eigenvalue weighted by atomic mass is 10.2. The topological polar surface area (TPSA) is 75.2 Å². The summed E-state index contributed by atoms with van der Waals surface area (Å²) in [4.78, 5) is 11.1. The Morgan fingerprint density at radius 3 is 2.52 bits per heavy atom. The summed E-state index contributed by atoms with van der Waals surface area (Å²) in [6.07, 6.45) is 0. The number of fused-ring (bicyclic) bond motifs is 1. The predicted molar refractivity (Wildman–Crippen MR) is 82.5 cm³/mol. The Morgan fingerprint density at radius 1 is 1.00 bits per heavy atom. The highest BCUT2D eigenvalue weighted by Gasteiger charge is 2.05. The Labute approximate surface area is 127 Å². The molecule has 0 aliphatic rings. The Hall–Kier alpha value is -2.47. The van der Waals surface area contributed by atoms with Crippen LogP contribution < -0.4 is 5.63 Å². The van der Waals surface area contributed by atoms with E-state index in [0.29, 0.717) is 22.3 Å². The maximum absolute atomic E-state index is 11.1. The molecule has 0 saturated heterocycles. The molecule has 21 heavy (non-hydrogen) atoms. The highest BCUT2D eigenvalue weighted by Crippen LogP contribution is 2.32. The van der Waals surface area contributed by atoms with E-state index in [-0.39, 0.29) is 5.75 Å². The minimum absolute atomic E-state index is 0.0993. The van der Waals surface area contributed by atoms with Gasteiger partial charge in [0, 0.05) is 22.0 Å². The first-order valence-corrected chi connectivity index (χ1v) is 6.85. The average molecular weight is 345 g/mol. The Kier molecular flexibility index (Phi) is 3.53. The van der Waals surface area contributed by atoms with E-state index in [1.807, 2.05) is 12.1 Å². The number of rotatable bonds is 2. The number of hydrogen-bond donors (Lipinski definition) is 1. The van der Waals surface area contributed by atoms with E-state index in [0.717, 1.165) is 4.47 Å². The van der Waals surface area contributed by atoms with Gasteiger partial charge in [-0.05, 0) is 36.4 Å². The fourth-order valence-corrected chi connectivity index (χ4v) is 2.06. The van der Waals surface area contributed by atoms with Crippen molar-refractivity contribution in [2.24, 2.45) is 10.2 Å². The third-order valence-electron chi connectivity index (χ3n) is 2.82. The third kappa shape index (κ3) is 3.00. The lowest BCUT2D eigenvalue weighted by molar-refractivity contribution is 0.474. The van der Waals surface area contributed by atoms with E-state index in [1.54, 1.807) is 24.3 Å². The Morgan fingerprint density at radius 2 is 1.76 bits per heavy atom. The smallest absolute Gasteiger partial charge is 0.336 e. The van der Waals surface area contributed by atoms with Gasteiger partial charge in [-0.3, -0.25) is 0 Å². The largest absolute Gasteiger partial charge is 0.505 e. The van der Waals surface area contributed by atoms with Crippen LogP contribution in [0.1, 0.15) is 0 Å². The van der Waals surface area contributed by atoms with Crippen LogP contribution in [0.3, 0.4) is 0 Å². The maximum Gasteiger partial charge on any atom is 0.336 e. The fourth-order valence-electron chi connectivity index (χ4n) is 1.79. The van der Waals surface area contributed by atoms with Crippen LogP contribution in [0, 0.1) is 0 Å². The molecule has 104 valence electrons. The minimum atomic E-state index is -0.467.